The Morgan fingerprint density at radius 2 is 2.00 bits per heavy atom. The van der Waals surface area contributed by atoms with Gasteiger partial charge in [0.2, 0.25) is 15.9 Å². The molecule has 2 atom stereocenters. The van der Waals surface area contributed by atoms with Crippen LogP contribution in [0.25, 0.3) is 0 Å². The number of carbonyl (C=O) groups is 1. The number of hydrogen-bond donors (Lipinski definition) is 3. The van der Waals surface area contributed by atoms with Crippen molar-refractivity contribution in [2.75, 3.05) is 25.9 Å². The number of sulfonamides is 1. The fourth-order valence-electron chi connectivity index (χ4n) is 2.55. The molecule has 0 aromatic rings. The average Bonchev–Trinajstić information content (AvgIpc) is 2.75. The van der Waals surface area contributed by atoms with Gasteiger partial charge in [-0.1, -0.05) is 0 Å². The fraction of sp³-hybridized carbons (Fsp3) is 0.909. The Morgan fingerprint density at radius 3 is 2.47 bits per heavy atom. The summed E-state index contributed by atoms with van der Waals surface area (Å²) in [5.74, 6) is -0.102. The normalized spacial score (nSPS) is 30.4. The molecule has 1 amide bonds. The number of amides is 1. The highest BCUT2D eigenvalue weighted by Gasteiger charge is 2.31. The van der Waals surface area contributed by atoms with Crippen molar-refractivity contribution >= 4 is 15.9 Å². The Kier molecular flexibility index (Phi) is 4.44. The van der Waals surface area contributed by atoms with Crippen molar-refractivity contribution < 1.29 is 18.3 Å². The van der Waals surface area contributed by atoms with Crippen LogP contribution in [0.2, 0.25) is 0 Å². The first-order chi connectivity index (χ1) is 8.86. The molecule has 0 radical (unpaired) electrons. The van der Waals surface area contributed by atoms with Crippen molar-refractivity contribution in [3.63, 3.8) is 0 Å². The minimum Gasteiger partial charge on any atom is -0.392 e. The number of β-amino-alcohol motifs (C(OH)–C–C–N with tert-alkyl or cyclic N) is 1. The average molecular weight is 291 g/mol. The highest BCUT2D eigenvalue weighted by molar-refractivity contribution is 7.88. The number of rotatable bonds is 3. The molecule has 0 aliphatic carbocycles. The van der Waals surface area contributed by atoms with Crippen LogP contribution in [0.15, 0.2) is 0 Å². The molecule has 2 aliphatic heterocycles. The lowest BCUT2D eigenvalue weighted by molar-refractivity contribution is -0.123. The van der Waals surface area contributed by atoms with E-state index in [0.717, 1.165) is 0 Å². The molecule has 2 aliphatic rings. The van der Waals surface area contributed by atoms with E-state index >= 15 is 0 Å². The lowest BCUT2D eigenvalue weighted by atomic mass is 10.1. The first-order valence-electron chi connectivity index (χ1n) is 6.53. The van der Waals surface area contributed by atoms with E-state index in [0.29, 0.717) is 38.9 Å². The SMILES string of the molecule is CS(=O)(=O)N1CCC(NC(=O)C2CC(O)CN2)CC1. The van der Waals surface area contributed by atoms with Crippen molar-refractivity contribution in [1.29, 1.82) is 0 Å². The van der Waals surface area contributed by atoms with Crippen LogP contribution in [0.1, 0.15) is 19.3 Å². The zero-order chi connectivity index (χ0) is 14.0. The molecule has 7 nitrogen and oxygen atoms in total. The summed E-state index contributed by atoms with van der Waals surface area (Å²) in [6.07, 6.45) is 2.45. The molecule has 0 aromatic carbocycles. The molecule has 3 N–H and O–H groups in total. The quantitative estimate of drug-likeness (QED) is 0.573. The molecule has 2 heterocycles. The molecule has 8 heteroatoms. The third-order valence-electron chi connectivity index (χ3n) is 3.69. The Labute approximate surface area is 113 Å². The summed E-state index contributed by atoms with van der Waals surface area (Å²) in [5.41, 5.74) is 0. The monoisotopic (exact) mass is 291 g/mol. The Morgan fingerprint density at radius 1 is 1.37 bits per heavy atom. The predicted octanol–water partition coefficient (Wildman–Crippen LogP) is -1.75. The number of aliphatic hydroxyl groups excluding tert-OH is 1. The molecule has 0 saturated carbocycles. The van der Waals surface area contributed by atoms with E-state index in [2.05, 4.69) is 10.6 Å². The van der Waals surface area contributed by atoms with Gasteiger partial charge in [-0.25, -0.2) is 12.7 Å². The van der Waals surface area contributed by atoms with Gasteiger partial charge in [-0.15, -0.1) is 0 Å². The third kappa shape index (κ3) is 3.88. The van der Waals surface area contributed by atoms with Crippen molar-refractivity contribution in [3.8, 4) is 0 Å². The minimum atomic E-state index is -3.13. The fourth-order valence-corrected chi connectivity index (χ4v) is 3.42. The second-order valence-corrected chi connectivity index (χ2v) is 7.28. The van der Waals surface area contributed by atoms with Crippen molar-refractivity contribution in [1.82, 2.24) is 14.9 Å². The van der Waals surface area contributed by atoms with E-state index in [-0.39, 0.29) is 18.0 Å². The number of hydrogen-bond acceptors (Lipinski definition) is 5. The van der Waals surface area contributed by atoms with E-state index in [9.17, 15) is 18.3 Å². The van der Waals surface area contributed by atoms with E-state index in [1.54, 1.807) is 0 Å². The molecule has 2 saturated heterocycles. The molecule has 2 fully saturated rings. The van der Waals surface area contributed by atoms with Crippen LogP contribution >= 0.6 is 0 Å². The van der Waals surface area contributed by atoms with Gasteiger partial charge in [0, 0.05) is 25.7 Å². The molecule has 19 heavy (non-hydrogen) atoms. The predicted molar refractivity (Wildman–Crippen MR) is 70.0 cm³/mol. The lowest BCUT2D eigenvalue weighted by Gasteiger charge is -2.31. The van der Waals surface area contributed by atoms with Crippen LogP contribution in [-0.2, 0) is 14.8 Å². The molecule has 0 aromatic heterocycles. The van der Waals surface area contributed by atoms with Gasteiger partial charge < -0.3 is 15.7 Å². The minimum absolute atomic E-state index is 0.0186. The maximum atomic E-state index is 11.9. The lowest BCUT2D eigenvalue weighted by Crippen LogP contribution is -2.50. The van der Waals surface area contributed by atoms with Gasteiger partial charge in [0.05, 0.1) is 18.4 Å². The first-order valence-corrected chi connectivity index (χ1v) is 8.38. The zero-order valence-electron chi connectivity index (χ0n) is 11.0. The summed E-state index contributed by atoms with van der Waals surface area (Å²) in [4.78, 5) is 11.9. The summed E-state index contributed by atoms with van der Waals surface area (Å²) >= 11 is 0. The summed E-state index contributed by atoms with van der Waals surface area (Å²) in [6.45, 7) is 1.35. The molecule has 110 valence electrons. The van der Waals surface area contributed by atoms with Gasteiger partial charge in [-0.05, 0) is 19.3 Å². The van der Waals surface area contributed by atoms with Crippen LogP contribution in [0.3, 0.4) is 0 Å². The van der Waals surface area contributed by atoms with Gasteiger partial charge in [-0.3, -0.25) is 4.79 Å². The smallest absolute Gasteiger partial charge is 0.237 e. The second kappa shape index (κ2) is 5.74. The standard InChI is InChI=1S/C11H21N3O4S/c1-19(17,18)14-4-2-8(3-5-14)13-11(16)10-6-9(15)7-12-10/h8-10,12,15H,2-7H2,1H3,(H,13,16). The number of nitrogens with one attached hydrogen (secondary N) is 2. The summed E-state index contributed by atoms with van der Waals surface area (Å²) < 4.78 is 24.2. The van der Waals surface area contributed by atoms with Gasteiger partial charge in [0.25, 0.3) is 0 Å². The highest BCUT2D eigenvalue weighted by Crippen LogP contribution is 2.14. The number of carbonyl (C=O) groups excluding carboxylic acids is 1. The van der Waals surface area contributed by atoms with Crippen LogP contribution in [0.5, 0.6) is 0 Å². The second-order valence-electron chi connectivity index (χ2n) is 5.30. The first kappa shape index (κ1) is 14.7. The Hall–Kier alpha value is -0.700. The maximum Gasteiger partial charge on any atom is 0.237 e. The Bertz CT molecular complexity index is 431. The van der Waals surface area contributed by atoms with Crippen molar-refractivity contribution in [3.05, 3.63) is 0 Å². The topological polar surface area (TPSA) is 98.7 Å². The van der Waals surface area contributed by atoms with Crippen LogP contribution in [-0.4, -0.2) is 67.8 Å². The molecule has 0 spiro atoms. The molecule has 2 rings (SSSR count). The third-order valence-corrected chi connectivity index (χ3v) is 5.00. The summed E-state index contributed by atoms with van der Waals surface area (Å²) in [7, 11) is -3.13. The summed E-state index contributed by atoms with van der Waals surface area (Å²) in [5, 5.41) is 15.2. The van der Waals surface area contributed by atoms with Crippen molar-refractivity contribution in [2.24, 2.45) is 0 Å². The number of nitrogens with zero attached hydrogens (tertiary/aromatic N) is 1. The molecular formula is C11H21N3O4S. The van der Waals surface area contributed by atoms with Crippen LogP contribution in [0, 0.1) is 0 Å². The molecule has 2 unspecified atom stereocenters. The number of piperidine rings is 1. The van der Waals surface area contributed by atoms with E-state index in [1.807, 2.05) is 0 Å². The largest absolute Gasteiger partial charge is 0.392 e. The van der Waals surface area contributed by atoms with Crippen LogP contribution < -0.4 is 10.6 Å². The van der Waals surface area contributed by atoms with E-state index in [1.165, 1.54) is 10.6 Å². The summed E-state index contributed by atoms with van der Waals surface area (Å²) in [6, 6.07) is -0.312. The van der Waals surface area contributed by atoms with Gasteiger partial charge in [0.15, 0.2) is 0 Å². The Balaban J connectivity index is 1.78. The van der Waals surface area contributed by atoms with Gasteiger partial charge in [-0.2, -0.15) is 0 Å². The molecular weight excluding hydrogens is 270 g/mol. The highest BCUT2D eigenvalue weighted by atomic mass is 32.2. The zero-order valence-corrected chi connectivity index (χ0v) is 11.8. The van der Waals surface area contributed by atoms with E-state index < -0.39 is 16.1 Å². The van der Waals surface area contributed by atoms with Crippen molar-refractivity contribution in [2.45, 2.75) is 37.5 Å². The van der Waals surface area contributed by atoms with Gasteiger partial charge in [0.1, 0.15) is 0 Å². The van der Waals surface area contributed by atoms with Gasteiger partial charge >= 0.3 is 0 Å². The van der Waals surface area contributed by atoms with E-state index in [4.69, 9.17) is 0 Å². The maximum absolute atomic E-state index is 11.9. The molecule has 0 bridgehead atoms. The van der Waals surface area contributed by atoms with Crippen LogP contribution in [0.4, 0.5) is 0 Å². The number of aliphatic hydroxyl groups is 1.